The van der Waals surface area contributed by atoms with E-state index >= 15 is 0 Å². The molecule has 3 rings (SSSR count). The van der Waals surface area contributed by atoms with Gasteiger partial charge in [-0.1, -0.05) is 18.6 Å². The van der Waals surface area contributed by atoms with Crippen LogP contribution in [0.15, 0.2) is 24.3 Å². The SMILES string of the molecule is COc1ccc(C(CNC(=O)C2CCCCN2)N2CCOCC2)cc1.Cl.Cl. The molecule has 1 aromatic carbocycles. The molecule has 1 amide bonds. The summed E-state index contributed by atoms with van der Waals surface area (Å²) in [6.45, 7) is 4.80. The number of hydrogen-bond acceptors (Lipinski definition) is 5. The van der Waals surface area contributed by atoms with E-state index in [1.165, 1.54) is 5.56 Å². The van der Waals surface area contributed by atoms with Crippen LogP contribution in [0.25, 0.3) is 0 Å². The first-order valence-electron chi connectivity index (χ1n) is 9.25. The van der Waals surface area contributed by atoms with Gasteiger partial charge in [0.2, 0.25) is 5.91 Å². The summed E-state index contributed by atoms with van der Waals surface area (Å²) in [5.41, 5.74) is 1.19. The van der Waals surface area contributed by atoms with Crippen molar-refractivity contribution in [1.29, 1.82) is 0 Å². The number of hydrogen-bond donors (Lipinski definition) is 2. The molecule has 2 saturated heterocycles. The van der Waals surface area contributed by atoms with Gasteiger partial charge >= 0.3 is 0 Å². The molecular formula is C19H31Cl2N3O3. The van der Waals surface area contributed by atoms with E-state index in [0.717, 1.165) is 57.9 Å². The largest absolute Gasteiger partial charge is 0.497 e. The molecule has 0 saturated carbocycles. The number of amides is 1. The molecule has 2 N–H and O–H groups in total. The van der Waals surface area contributed by atoms with E-state index in [1.807, 2.05) is 12.1 Å². The van der Waals surface area contributed by atoms with Crippen LogP contribution in [0, 0.1) is 0 Å². The Balaban J connectivity index is 0.00000182. The van der Waals surface area contributed by atoms with Gasteiger partial charge in [-0.25, -0.2) is 0 Å². The third-order valence-electron chi connectivity index (χ3n) is 5.08. The van der Waals surface area contributed by atoms with Gasteiger partial charge in [-0.2, -0.15) is 0 Å². The van der Waals surface area contributed by atoms with Crippen LogP contribution < -0.4 is 15.4 Å². The summed E-state index contributed by atoms with van der Waals surface area (Å²) in [4.78, 5) is 14.9. The maximum Gasteiger partial charge on any atom is 0.237 e. The minimum absolute atomic E-state index is 0. The monoisotopic (exact) mass is 419 g/mol. The van der Waals surface area contributed by atoms with Crippen LogP contribution >= 0.6 is 24.8 Å². The molecule has 8 heteroatoms. The number of nitrogens with one attached hydrogen (secondary N) is 2. The van der Waals surface area contributed by atoms with Gasteiger partial charge < -0.3 is 20.1 Å². The molecule has 0 bridgehead atoms. The van der Waals surface area contributed by atoms with E-state index < -0.39 is 0 Å². The van der Waals surface area contributed by atoms with Crippen molar-refractivity contribution in [3.8, 4) is 5.75 Å². The summed E-state index contributed by atoms with van der Waals surface area (Å²) in [5, 5.41) is 6.48. The number of carbonyl (C=O) groups is 1. The van der Waals surface area contributed by atoms with Crippen LogP contribution in [0.1, 0.15) is 30.9 Å². The summed E-state index contributed by atoms with van der Waals surface area (Å²) >= 11 is 0. The number of methoxy groups -OCH3 is 1. The van der Waals surface area contributed by atoms with Crippen molar-refractivity contribution in [3.63, 3.8) is 0 Å². The highest BCUT2D eigenvalue weighted by molar-refractivity contribution is 5.85. The zero-order valence-corrected chi connectivity index (χ0v) is 17.4. The molecular weight excluding hydrogens is 389 g/mol. The van der Waals surface area contributed by atoms with Gasteiger partial charge in [0.15, 0.2) is 0 Å². The van der Waals surface area contributed by atoms with E-state index in [-0.39, 0.29) is 42.8 Å². The van der Waals surface area contributed by atoms with Crippen molar-refractivity contribution in [2.75, 3.05) is 46.5 Å². The lowest BCUT2D eigenvalue weighted by atomic mass is 10.0. The van der Waals surface area contributed by atoms with Gasteiger partial charge in [0.25, 0.3) is 0 Å². The molecule has 0 radical (unpaired) electrons. The summed E-state index contributed by atoms with van der Waals surface area (Å²) in [6.07, 6.45) is 3.21. The predicted octanol–water partition coefficient (Wildman–Crippen LogP) is 2.17. The number of piperidine rings is 1. The average molecular weight is 420 g/mol. The fraction of sp³-hybridized carbons (Fsp3) is 0.632. The lowest BCUT2D eigenvalue weighted by Gasteiger charge is -2.35. The van der Waals surface area contributed by atoms with E-state index in [2.05, 4.69) is 27.7 Å². The lowest BCUT2D eigenvalue weighted by Crippen LogP contribution is -2.49. The lowest BCUT2D eigenvalue weighted by molar-refractivity contribution is -0.124. The molecule has 0 spiro atoms. The van der Waals surface area contributed by atoms with Crippen LogP contribution in [-0.2, 0) is 9.53 Å². The fourth-order valence-electron chi connectivity index (χ4n) is 3.57. The Bertz CT molecular complexity index is 548. The summed E-state index contributed by atoms with van der Waals surface area (Å²) in [6, 6.07) is 8.24. The minimum atomic E-state index is -0.0463. The van der Waals surface area contributed by atoms with Gasteiger partial charge in [-0.15, -0.1) is 24.8 Å². The third kappa shape index (κ3) is 6.80. The standard InChI is InChI=1S/C19H29N3O3.2ClH/c1-24-16-7-5-15(6-8-16)18(22-10-12-25-13-11-22)14-21-19(23)17-4-2-3-9-20-17;;/h5-8,17-18,20H,2-4,9-14H2,1H3,(H,21,23);2*1H. The van der Waals surface area contributed by atoms with Gasteiger partial charge in [0.05, 0.1) is 32.4 Å². The molecule has 6 nitrogen and oxygen atoms in total. The van der Waals surface area contributed by atoms with Gasteiger partial charge in [-0.05, 0) is 37.1 Å². The third-order valence-corrected chi connectivity index (χ3v) is 5.08. The maximum absolute atomic E-state index is 12.5. The van der Waals surface area contributed by atoms with Gasteiger partial charge in [0.1, 0.15) is 5.75 Å². The average Bonchev–Trinajstić information content (AvgIpc) is 2.70. The molecule has 2 fully saturated rings. The second-order valence-electron chi connectivity index (χ2n) is 6.68. The number of carbonyl (C=O) groups excluding carboxylic acids is 1. The van der Waals surface area contributed by atoms with Crippen molar-refractivity contribution < 1.29 is 14.3 Å². The molecule has 2 heterocycles. The molecule has 154 valence electrons. The fourth-order valence-corrected chi connectivity index (χ4v) is 3.57. The van der Waals surface area contributed by atoms with E-state index in [9.17, 15) is 4.79 Å². The first-order chi connectivity index (χ1) is 12.3. The molecule has 0 aromatic heterocycles. The van der Waals surface area contributed by atoms with Gasteiger partial charge in [-0.3, -0.25) is 9.69 Å². The first kappa shape index (κ1) is 24.0. The minimum Gasteiger partial charge on any atom is -0.497 e. The van der Waals surface area contributed by atoms with Crippen molar-refractivity contribution in [2.24, 2.45) is 0 Å². The molecule has 0 aliphatic carbocycles. The van der Waals surface area contributed by atoms with E-state index in [0.29, 0.717) is 6.54 Å². The van der Waals surface area contributed by atoms with Crippen LogP contribution in [0.3, 0.4) is 0 Å². The van der Waals surface area contributed by atoms with Crippen LogP contribution in [0.4, 0.5) is 0 Å². The Hall–Kier alpha value is -1.05. The van der Waals surface area contributed by atoms with Crippen LogP contribution in [0.2, 0.25) is 0 Å². The normalized spacial score (nSPS) is 21.3. The molecule has 2 unspecified atom stereocenters. The second kappa shape index (κ2) is 12.4. The van der Waals surface area contributed by atoms with Crippen LogP contribution in [0.5, 0.6) is 5.75 Å². The van der Waals surface area contributed by atoms with Gasteiger partial charge in [0, 0.05) is 19.6 Å². The number of rotatable bonds is 6. The topological polar surface area (TPSA) is 62.8 Å². The quantitative estimate of drug-likeness (QED) is 0.739. The summed E-state index contributed by atoms with van der Waals surface area (Å²) < 4.78 is 10.7. The van der Waals surface area contributed by atoms with Crippen molar-refractivity contribution in [1.82, 2.24) is 15.5 Å². The highest BCUT2D eigenvalue weighted by atomic mass is 35.5. The predicted molar refractivity (Wildman–Crippen MR) is 111 cm³/mol. The zero-order valence-electron chi connectivity index (χ0n) is 15.8. The highest BCUT2D eigenvalue weighted by Gasteiger charge is 2.25. The number of ether oxygens (including phenoxy) is 2. The van der Waals surface area contributed by atoms with E-state index in [4.69, 9.17) is 9.47 Å². The number of halogens is 2. The molecule has 27 heavy (non-hydrogen) atoms. The van der Waals surface area contributed by atoms with E-state index in [1.54, 1.807) is 7.11 Å². The Labute approximate surface area is 174 Å². The van der Waals surface area contributed by atoms with Crippen molar-refractivity contribution >= 4 is 30.7 Å². The Morgan fingerprint density at radius 2 is 1.96 bits per heavy atom. The molecule has 2 aliphatic heterocycles. The van der Waals surface area contributed by atoms with Crippen molar-refractivity contribution in [2.45, 2.75) is 31.3 Å². The Morgan fingerprint density at radius 1 is 1.26 bits per heavy atom. The summed E-state index contributed by atoms with van der Waals surface area (Å²) in [5.74, 6) is 0.964. The number of benzene rings is 1. The molecule has 1 aromatic rings. The zero-order chi connectivity index (χ0) is 17.5. The second-order valence-corrected chi connectivity index (χ2v) is 6.68. The first-order valence-corrected chi connectivity index (χ1v) is 9.25. The van der Waals surface area contributed by atoms with Crippen LogP contribution in [-0.4, -0.2) is 63.4 Å². The Morgan fingerprint density at radius 3 is 2.56 bits per heavy atom. The Kier molecular flexibility index (Phi) is 11.0. The van der Waals surface area contributed by atoms with Crippen molar-refractivity contribution in [3.05, 3.63) is 29.8 Å². The smallest absolute Gasteiger partial charge is 0.237 e. The number of morpholine rings is 1. The maximum atomic E-state index is 12.5. The summed E-state index contributed by atoms with van der Waals surface area (Å²) in [7, 11) is 1.67. The molecule has 2 aliphatic rings. The highest BCUT2D eigenvalue weighted by Crippen LogP contribution is 2.23. The number of nitrogens with zero attached hydrogens (tertiary/aromatic N) is 1. The molecule has 2 atom stereocenters.